The summed E-state index contributed by atoms with van der Waals surface area (Å²) >= 11 is 0. The minimum atomic E-state index is -3.45. The van der Waals surface area contributed by atoms with Crippen molar-refractivity contribution >= 4 is 15.9 Å². The van der Waals surface area contributed by atoms with Crippen LogP contribution < -0.4 is 9.46 Å². The van der Waals surface area contributed by atoms with Gasteiger partial charge < -0.3 is 14.4 Å². The van der Waals surface area contributed by atoms with Crippen molar-refractivity contribution < 1.29 is 22.7 Å². The number of fused-ring (bicyclic) bond motifs is 5. The van der Waals surface area contributed by atoms with Crippen molar-refractivity contribution in [3.8, 4) is 5.88 Å². The van der Waals surface area contributed by atoms with Gasteiger partial charge in [-0.15, -0.1) is 0 Å². The second-order valence-corrected chi connectivity index (χ2v) is 11.3. The van der Waals surface area contributed by atoms with E-state index >= 15 is 0 Å². The molecule has 1 saturated heterocycles. The SMILES string of the molecule is Cc1ncnc2c1C1CCC(CC1)OCC1[C@@H](NS(=O)(=O)C(C)C)CCN1C(=O)CO2. The maximum absolute atomic E-state index is 13.0. The van der Waals surface area contributed by atoms with E-state index in [0.29, 0.717) is 25.5 Å². The Morgan fingerprint density at radius 3 is 2.61 bits per heavy atom. The second-order valence-electron chi connectivity index (χ2n) is 9.03. The van der Waals surface area contributed by atoms with Crippen molar-refractivity contribution in [2.75, 3.05) is 19.8 Å². The Hall–Kier alpha value is -1.78. The van der Waals surface area contributed by atoms with Crippen LogP contribution in [0.2, 0.25) is 0 Å². The summed E-state index contributed by atoms with van der Waals surface area (Å²) in [4.78, 5) is 23.4. The van der Waals surface area contributed by atoms with Gasteiger partial charge >= 0.3 is 0 Å². The predicted molar refractivity (Wildman–Crippen MR) is 114 cm³/mol. The lowest BCUT2D eigenvalue weighted by Gasteiger charge is -2.32. The summed E-state index contributed by atoms with van der Waals surface area (Å²) < 4.78 is 39.9. The number of sulfonamides is 1. The second kappa shape index (κ2) is 8.99. The van der Waals surface area contributed by atoms with Crippen LogP contribution in [0.5, 0.6) is 5.88 Å². The molecular weight excluding hydrogens is 420 g/mol. The fourth-order valence-electron chi connectivity index (χ4n) is 4.87. The van der Waals surface area contributed by atoms with Gasteiger partial charge in [0.1, 0.15) is 6.33 Å². The molecule has 5 rings (SSSR count). The number of carbonyl (C=O) groups is 1. The summed E-state index contributed by atoms with van der Waals surface area (Å²) in [6.45, 7) is 5.89. The smallest absolute Gasteiger partial charge is 0.260 e. The highest BCUT2D eigenvalue weighted by molar-refractivity contribution is 7.90. The maximum Gasteiger partial charge on any atom is 0.260 e. The van der Waals surface area contributed by atoms with Crippen molar-refractivity contribution in [2.24, 2.45) is 0 Å². The number of nitrogens with zero attached hydrogens (tertiary/aromatic N) is 3. The molecule has 0 radical (unpaired) electrons. The van der Waals surface area contributed by atoms with Crippen LogP contribution in [-0.4, -0.2) is 72.4 Å². The third-order valence-electron chi connectivity index (χ3n) is 6.77. The van der Waals surface area contributed by atoms with Crippen LogP contribution in [0.4, 0.5) is 0 Å². The van der Waals surface area contributed by atoms with E-state index in [1.54, 1.807) is 18.7 Å². The van der Waals surface area contributed by atoms with E-state index in [1.165, 1.54) is 6.33 Å². The molecule has 4 aliphatic rings. The average molecular weight is 453 g/mol. The van der Waals surface area contributed by atoms with Crippen LogP contribution in [-0.2, 0) is 19.6 Å². The van der Waals surface area contributed by atoms with Crippen molar-refractivity contribution in [2.45, 2.75) is 82.2 Å². The maximum atomic E-state index is 13.0. The summed E-state index contributed by atoms with van der Waals surface area (Å²) in [7, 11) is -3.45. The Morgan fingerprint density at radius 1 is 1.16 bits per heavy atom. The zero-order valence-corrected chi connectivity index (χ0v) is 19.2. The molecule has 1 aromatic heterocycles. The molecule has 1 aliphatic carbocycles. The van der Waals surface area contributed by atoms with Gasteiger partial charge in [0.15, 0.2) is 6.61 Å². The Balaban J connectivity index is 1.60. The van der Waals surface area contributed by atoms with E-state index in [2.05, 4.69) is 14.7 Å². The van der Waals surface area contributed by atoms with Gasteiger partial charge in [0.05, 0.1) is 24.0 Å². The third kappa shape index (κ3) is 4.70. The lowest BCUT2D eigenvalue weighted by Crippen LogP contribution is -2.51. The molecule has 1 unspecified atom stereocenters. The first-order valence-electron chi connectivity index (χ1n) is 11.1. The van der Waals surface area contributed by atoms with Gasteiger partial charge in [-0.1, -0.05) is 0 Å². The third-order valence-corrected chi connectivity index (χ3v) is 8.64. The summed E-state index contributed by atoms with van der Waals surface area (Å²) in [5, 5.41) is -0.536. The molecule has 3 aliphatic heterocycles. The molecule has 0 aromatic carbocycles. The molecule has 2 bridgehead atoms. The molecule has 2 fully saturated rings. The van der Waals surface area contributed by atoms with Crippen LogP contribution in [0.25, 0.3) is 0 Å². The van der Waals surface area contributed by atoms with E-state index in [9.17, 15) is 13.2 Å². The molecular formula is C21H32N4O5S. The number of aryl methyl sites for hydroxylation is 1. The van der Waals surface area contributed by atoms with E-state index in [0.717, 1.165) is 36.9 Å². The van der Waals surface area contributed by atoms with Crippen LogP contribution in [0.3, 0.4) is 0 Å². The molecule has 31 heavy (non-hydrogen) atoms. The number of aromatic nitrogens is 2. The first kappa shape index (κ1) is 22.4. The summed E-state index contributed by atoms with van der Waals surface area (Å²) in [6.07, 6.45) is 5.83. The molecule has 1 saturated carbocycles. The van der Waals surface area contributed by atoms with E-state index in [1.807, 2.05) is 6.92 Å². The van der Waals surface area contributed by atoms with Gasteiger partial charge in [0.25, 0.3) is 5.91 Å². The van der Waals surface area contributed by atoms with Crippen LogP contribution in [0.1, 0.15) is 63.1 Å². The molecule has 1 aromatic rings. The van der Waals surface area contributed by atoms with E-state index < -0.39 is 15.3 Å². The van der Waals surface area contributed by atoms with Gasteiger partial charge in [-0.05, 0) is 58.8 Å². The van der Waals surface area contributed by atoms with Crippen molar-refractivity contribution in [3.05, 3.63) is 17.6 Å². The van der Waals surface area contributed by atoms with Crippen molar-refractivity contribution in [3.63, 3.8) is 0 Å². The Kier molecular flexibility index (Phi) is 6.50. The number of carbonyl (C=O) groups excluding carboxylic acids is 1. The number of rotatable bonds is 3. The summed E-state index contributed by atoms with van der Waals surface area (Å²) in [5.41, 5.74) is 1.88. The summed E-state index contributed by atoms with van der Waals surface area (Å²) in [5.74, 6) is 0.586. The molecule has 172 valence electrons. The highest BCUT2D eigenvalue weighted by Crippen LogP contribution is 2.39. The molecule has 2 atom stereocenters. The monoisotopic (exact) mass is 452 g/mol. The Labute approximate surface area is 184 Å². The molecule has 9 nitrogen and oxygen atoms in total. The molecule has 0 spiro atoms. The minimum absolute atomic E-state index is 0.103. The zero-order chi connectivity index (χ0) is 22.2. The van der Waals surface area contributed by atoms with E-state index in [4.69, 9.17) is 9.47 Å². The van der Waals surface area contributed by atoms with Gasteiger partial charge in [0, 0.05) is 23.8 Å². The molecule has 10 heteroatoms. The molecule has 1 N–H and O–H groups in total. The first-order valence-corrected chi connectivity index (χ1v) is 12.7. The number of hydrogen-bond donors (Lipinski definition) is 1. The molecule has 4 heterocycles. The van der Waals surface area contributed by atoms with Crippen LogP contribution in [0.15, 0.2) is 6.33 Å². The quantitative estimate of drug-likeness (QED) is 0.740. The highest BCUT2D eigenvalue weighted by atomic mass is 32.2. The van der Waals surface area contributed by atoms with Crippen molar-refractivity contribution in [1.29, 1.82) is 0 Å². The predicted octanol–water partition coefficient (Wildman–Crippen LogP) is 1.52. The zero-order valence-electron chi connectivity index (χ0n) is 18.4. The summed E-state index contributed by atoms with van der Waals surface area (Å²) in [6, 6.07) is -0.718. The average Bonchev–Trinajstić information content (AvgIpc) is 3.12. The Morgan fingerprint density at radius 2 is 1.90 bits per heavy atom. The standard InChI is InChI=1S/C21H32N4O5S/c1-13(2)31(27,28)24-17-8-9-25-18(17)10-29-16-6-4-15(5-7-16)20-14(3)22-12-23-21(20)30-11-19(25)26/h12-13,15-18,24H,4-11H2,1-3H3/t15?,16?,17-,18?/m0/s1. The number of nitrogens with one attached hydrogen (secondary N) is 1. The largest absolute Gasteiger partial charge is 0.467 e. The number of ether oxygens (including phenoxy) is 2. The first-order chi connectivity index (χ1) is 14.8. The lowest BCUT2D eigenvalue weighted by molar-refractivity contribution is -0.136. The minimum Gasteiger partial charge on any atom is -0.467 e. The fraction of sp³-hybridized carbons (Fsp3) is 0.762. The Bertz CT molecular complexity index is 914. The number of amides is 1. The van der Waals surface area contributed by atoms with E-state index in [-0.39, 0.29) is 36.6 Å². The molecule has 1 amide bonds. The number of hydrogen-bond acceptors (Lipinski definition) is 7. The van der Waals surface area contributed by atoms with Crippen LogP contribution >= 0.6 is 0 Å². The van der Waals surface area contributed by atoms with Gasteiger partial charge in [-0.2, -0.15) is 0 Å². The van der Waals surface area contributed by atoms with Crippen LogP contribution in [0, 0.1) is 6.92 Å². The fourth-order valence-corrected chi connectivity index (χ4v) is 5.84. The van der Waals surface area contributed by atoms with Gasteiger partial charge in [-0.3, -0.25) is 4.79 Å². The van der Waals surface area contributed by atoms with Crippen molar-refractivity contribution in [1.82, 2.24) is 19.6 Å². The highest BCUT2D eigenvalue weighted by Gasteiger charge is 2.41. The van der Waals surface area contributed by atoms with Gasteiger partial charge in [-0.25, -0.2) is 23.1 Å². The lowest BCUT2D eigenvalue weighted by atomic mass is 9.82. The topological polar surface area (TPSA) is 111 Å². The van der Waals surface area contributed by atoms with Gasteiger partial charge in [0.2, 0.25) is 15.9 Å². The normalized spacial score (nSPS) is 29.5.